The Morgan fingerprint density at radius 3 is 2.09 bits per heavy atom. The van der Waals surface area contributed by atoms with E-state index in [0.717, 1.165) is 45.1 Å². The predicted octanol–water partition coefficient (Wildman–Crippen LogP) is 10.1. The van der Waals surface area contributed by atoms with E-state index in [1.165, 1.54) is 28.7 Å². The predicted molar refractivity (Wildman–Crippen MR) is 210 cm³/mol. The minimum Gasteiger partial charge on any atom is -0.370 e. The fourth-order valence-electron chi connectivity index (χ4n) is 9.05. The van der Waals surface area contributed by atoms with Crippen LogP contribution in [0.3, 0.4) is 0 Å². The Labute approximate surface area is 301 Å². The molecule has 46 heavy (non-hydrogen) atoms. The van der Waals surface area contributed by atoms with Crippen molar-refractivity contribution in [1.82, 2.24) is 0 Å². The first-order valence-corrected chi connectivity index (χ1v) is 16.4. The molecule has 0 amide bonds. The standard InChI is InChI=1S/C33H41O5P.4CH4.3H2S/c1-21-14-16-36-33(21)15-13-29-27-11-7-23-17-24(34)8-12-26(23)30(27)28(18-32(29,33)4)22-5-9-25(10-6-22)39(35)37-19-31(2,3)20-38-39;;;;;;;/h5-6,9-10,17,27-29H,1,7-8,11-16,18-20H2,2-4H3;4*1H4;3*1H2/t27-,28+,29-,32-,33+;;;;;;;/m0......./s1. The molecular weight excluding hydrogens is 652 g/mol. The summed E-state index contributed by atoms with van der Waals surface area (Å²) in [6.45, 7) is 12.8. The molecule has 0 unspecified atom stereocenters. The van der Waals surface area contributed by atoms with Crippen LogP contribution in [0.25, 0.3) is 0 Å². The highest BCUT2D eigenvalue weighted by Crippen LogP contribution is 2.70. The van der Waals surface area contributed by atoms with Crippen LogP contribution in [0.4, 0.5) is 0 Å². The zero-order chi connectivity index (χ0) is 27.2. The fraction of sp³-hybridized carbons (Fsp3) is 0.649. The third-order valence-electron chi connectivity index (χ3n) is 11.0. The molecule has 1 aromatic rings. The lowest BCUT2D eigenvalue weighted by atomic mass is 9.50. The second kappa shape index (κ2) is 15.9. The van der Waals surface area contributed by atoms with Gasteiger partial charge in [-0.05, 0) is 97.3 Å². The van der Waals surface area contributed by atoms with Gasteiger partial charge in [0.1, 0.15) is 0 Å². The van der Waals surface area contributed by atoms with Gasteiger partial charge in [0.15, 0.2) is 5.78 Å². The van der Waals surface area contributed by atoms with Crippen molar-refractivity contribution in [2.45, 2.75) is 113 Å². The molecule has 2 saturated carbocycles. The van der Waals surface area contributed by atoms with Crippen molar-refractivity contribution in [1.29, 1.82) is 0 Å². The molecule has 2 heterocycles. The van der Waals surface area contributed by atoms with Gasteiger partial charge in [-0.15, -0.1) is 0 Å². The molecule has 6 aliphatic rings. The molecule has 0 aromatic heterocycles. The van der Waals surface area contributed by atoms with Gasteiger partial charge in [-0.1, -0.05) is 74.8 Å². The normalized spacial score (nSPS) is 32.9. The maximum absolute atomic E-state index is 13.5. The van der Waals surface area contributed by atoms with Gasteiger partial charge in [0.25, 0.3) is 0 Å². The van der Waals surface area contributed by atoms with E-state index in [-0.39, 0.29) is 98.3 Å². The van der Waals surface area contributed by atoms with Gasteiger partial charge in [0.2, 0.25) is 0 Å². The Morgan fingerprint density at radius 1 is 0.870 bits per heavy atom. The summed E-state index contributed by atoms with van der Waals surface area (Å²) in [6.07, 6.45) is 9.70. The van der Waals surface area contributed by atoms with Crippen LogP contribution in [0.2, 0.25) is 0 Å². The van der Waals surface area contributed by atoms with E-state index < -0.39 is 7.60 Å². The number of allylic oxidation sites excluding steroid dienone is 4. The van der Waals surface area contributed by atoms with Crippen LogP contribution in [-0.2, 0) is 23.1 Å². The van der Waals surface area contributed by atoms with Crippen molar-refractivity contribution in [3.05, 3.63) is 64.8 Å². The number of hydrogen-bond donors (Lipinski definition) is 0. The molecule has 0 N–H and O–H groups in total. The minimum atomic E-state index is -3.32. The molecule has 2 aliphatic heterocycles. The molecule has 1 aromatic carbocycles. The molecule has 2 saturated heterocycles. The van der Waals surface area contributed by atoms with E-state index in [2.05, 4.69) is 39.5 Å². The first kappa shape index (κ1) is 45.3. The van der Waals surface area contributed by atoms with Gasteiger partial charge >= 0.3 is 7.60 Å². The third-order valence-corrected chi connectivity index (χ3v) is 12.9. The maximum Gasteiger partial charge on any atom is 0.361 e. The molecule has 1 spiro atoms. The van der Waals surface area contributed by atoms with Gasteiger partial charge in [-0.3, -0.25) is 9.36 Å². The quantitative estimate of drug-likeness (QED) is 0.226. The summed E-state index contributed by atoms with van der Waals surface area (Å²) in [4.78, 5) is 12.4. The smallest absolute Gasteiger partial charge is 0.361 e. The maximum atomic E-state index is 13.5. The monoisotopic (exact) mass is 714 g/mol. The Kier molecular flexibility index (Phi) is 15.6. The van der Waals surface area contributed by atoms with E-state index in [0.29, 0.717) is 36.8 Å². The summed E-state index contributed by atoms with van der Waals surface area (Å²) in [6, 6.07) is 8.22. The van der Waals surface area contributed by atoms with E-state index in [9.17, 15) is 9.36 Å². The number of carbonyl (C=O) groups is 1. The lowest BCUT2D eigenvalue weighted by Crippen LogP contribution is -2.52. The number of hydrogen-bond acceptors (Lipinski definition) is 5. The van der Waals surface area contributed by atoms with Gasteiger partial charge in [0, 0.05) is 23.2 Å². The zero-order valence-electron chi connectivity index (χ0n) is 25.1. The zero-order valence-corrected chi connectivity index (χ0v) is 29.0. The second-order valence-electron chi connectivity index (χ2n) is 13.9. The second-order valence-corrected chi connectivity index (χ2v) is 15.9. The Bertz CT molecular complexity index is 1360. The van der Waals surface area contributed by atoms with Crippen LogP contribution < -0.4 is 5.30 Å². The van der Waals surface area contributed by atoms with Crippen molar-refractivity contribution in [3.63, 3.8) is 0 Å². The number of carbonyl (C=O) groups excluding carboxylic acids is 1. The van der Waals surface area contributed by atoms with Crippen molar-refractivity contribution in [2.24, 2.45) is 22.7 Å². The molecule has 0 radical (unpaired) electrons. The molecule has 5 atom stereocenters. The van der Waals surface area contributed by atoms with Crippen molar-refractivity contribution >= 4 is 59.2 Å². The molecule has 5 nitrogen and oxygen atoms in total. The van der Waals surface area contributed by atoms with Crippen LogP contribution in [0.5, 0.6) is 0 Å². The third kappa shape index (κ3) is 6.85. The van der Waals surface area contributed by atoms with Crippen LogP contribution in [0.15, 0.2) is 59.2 Å². The number of ketones is 1. The lowest BCUT2D eigenvalue weighted by molar-refractivity contribution is -0.114. The first-order valence-electron chi connectivity index (χ1n) is 14.8. The molecular formula is C37H63O5PS3. The molecule has 4 aliphatic carbocycles. The molecule has 7 rings (SSSR count). The average Bonchev–Trinajstić information content (AvgIpc) is 3.45. The molecule has 9 heteroatoms. The summed E-state index contributed by atoms with van der Waals surface area (Å²) < 4.78 is 31.9. The summed E-state index contributed by atoms with van der Waals surface area (Å²) in [5.41, 5.74) is 6.46. The first-order chi connectivity index (χ1) is 18.6. The van der Waals surface area contributed by atoms with Gasteiger partial charge in [-0.25, -0.2) is 0 Å². The number of benzene rings is 1. The molecule has 264 valence electrons. The van der Waals surface area contributed by atoms with Crippen LogP contribution in [0, 0.1) is 22.7 Å². The minimum absolute atomic E-state index is 0. The number of fused-ring (bicyclic) bond motifs is 5. The summed E-state index contributed by atoms with van der Waals surface area (Å²) in [5.74, 6) is 1.56. The largest absolute Gasteiger partial charge is 0.370 e. The summed E-state index contributed by atoms with van der Waals surface area (Å²) in [7, 11) is -3.32. The highest BCUT2D eigenvalue weighted by Gasteiger charge is 2.66. The highest BCUT2D eigenvalue weighted by atomic mass is 32.1. The van der Waals surface area contributed by atoms with Crippen LogP contribution >= 0.6 is 48.1 Å². The van der Waals surface area contributed by atoms with Crippen molar-refractivity contribution < 1.29 is 23.1 Å². The van der Waals surface area contributed by atoms with E-state index in [1.54, 1.807) is 5.57 Å². The Balaban J connectivity index is 0.00000289. The fourth-order valence-corrected chi connectivity index (χ4v) is 11.0. The Morgan fingerprint density at radius 2 is 1.50 bits per heavy atom. The number of ether oxygens (including phenoxy) is 1. The lowest BCUT2D eigenvalue weighted by Gasteiger charge is -2.55. The topological polar surface area (TPSA) is 61.8 Å². The van der Waals surface area contributed by atoms with Gasteiger partial charge in [0.05, 0.1) is 30.7 Å². The van der Waals surface area contributed by atoms with Crippen LogP contribution in [0.1, 0.15) is 113 Å². The van der Waals surface area contributed by atoms with E-state index in [1.807, 2.05) is 18.2 Å². The molecule has 0 bridgehead atoms. The SMILES string of the molecule is C.C.C.C.C=C1CCO[C@]12CC[C@H]1[C@@H]3CCC4=CC(=O)CCC4=C3[C@@H](c3ccc(P4(=O)OCC(C)(C)CO4)cc3)C[C@@]12C.S.S.S. The molecule has 4 fully saturated rings. The van der Waals surface area contributed by atoms with Gasteiger partial charge < -0.3 is 13.8 Å². The summed E-state index contributed by atoms with van der Waals surface area (Å²) in [5, 5.41) is 0.633. The summed E-state index contributed by atoms with van der Waals surface area (Å²) >= 11 is 0. The highest BCUT2D eigenvalue weighted by molar-refractivity contribution is 7.62. The van der Waals surface area contributed by atoms with Crippen molar-refractivity contribution in [3.8, 4) is 0 Å². The number of rotatable bonds is 2. The van der Waals surface area contributed by atoms with Gasteiger partial charge in [-0.2, -0.15) is 40.5 Å². The van der Waals surface area contributed by atoms with E-state index in [4.69, 9.17) is 13.8 Å². The van der Waals surface area contributed by atoms with Crippen LogP contribution in [-0.4, -0.2) is 31.2 Å². The van der Waals surface area contributed by atoms with E-state index >= 15 is 0 Å². The van der Waals surface area contributed by atoms with Crippen molar-refractivity contribution in [2.75, 3.05) is 19.8 Å². The Hall–Kier alpha value is -0.730. The average molecular weight is 715 g/mol.